The van der Waals surface area contributed by atoms with Crippen LogP contribution in [0.15, 0.2) is 66.7 Å². The predicted molar refractivity (Wildman–Crippen MR) is 163 cm³/mol. The summed E-state index contributed by atoms with van der Waals surface area (Å²) in [6.45, 7) is 7.97. The van der Waals surface area contributed by atoms with Gasteiger partial charge in [0.1, 0.15) is 18.2 Å². The summed E-state index contributed by atoms with van der Waals surface area (Å²) in [6, 6.07) is 21.5. The minimum Gasteiger partial charge on any atom is -0.486 e. The minimum atomic E-state index is 0.0622. The van der Waals surface area contributed by atoms with Crippen molar-refractivity contribution in [2.24, 2.45) is 11.8 Å². The fourth-order valence-electron chi connectivity index (χ4n) is 5.89. The second kappa shape index (κ2) is 13.5. The maximum absolute atomic E-state index is 12.7. The molecule has 2 unspecified atom stereocenters. The van der Waals surface area contributed by atoms with E-state index in [-0.39, 0.29) is 11.7 Å². The molecule has 0 bridgehead atoms. The van der Waals surface area contributed by atoms with Crippen molar-refractivity contribution >= 4 is 28.4 Å². The van der Waals surface area contributed by atoms with Crippen molar-refractivity contribution in [3.8, 4) is 5.75 Å². The number of benzene rings is 3. The van der Waals surface area contributed by atoms with Gasteiger partial charge in [-0.25, -0.2) is 4.98 Å². The van der Waals surface area contributed by atoms with Crippen LogP contribution in [-0.2, 0) is 13.0 Å². The monoisotopic (exact) mass is 557 g/mol. The van der Waals surface area contributed by atoms with Crippen molar-refractivity contribution in [3.05, 3.63) is 94.3 Å². The summed E-state index contributed by atoms with van der Waals surface area (Å²) in [7, 11) is 0. The first-order valence-electron chi connectivity index (χ1n) is 14.6. The number of aryl methyl sites for hydroxylation is 2. The number of Topliss-reactive ketones (excluding diaryl/α,β-unsaturated/α-hetero) is 1. The van der Waals surface area contributed by atoms with Gasteiger partial charge in [0.2, 0.25) is 0 Å². The molecule has 3 aromatic carbocycles. The average molecular weight is 558 g/mol. The summed E-state index contributed by atoms with van der Waals surface area (Å²) in [5, 5.41) is 0.696. The number of aromatic amines is 1. The second-order valence-corrected chi connectivity index (χ2v) is 11.7. The Kier molecular flexibility index (Phi) is 9.56. The topological polar surface area (TPSA) is 58.2 Å². The highest BCUT2D eigenvalue weighted by molar-refractivity contribution is 6.30. The van der Waals surface area contributed by atoms with Crippen molar-refractivity contribution in [2.75, 3.05) is 19.6 Å². The van der Waals surface area contributed by atoms with Gasteiger partial charge in [0.15, 0.2) is 5.78 Å². The molecule has 1 fully saturated rings. The first-order valence-corrected chi connectivity index (χ1v) is 15.0. The van der Waals surface area contributed by atoms with Gasteiger partial charge in [-0.05, 0) is 106 Å². The molecule has 0 amide bonds. The van der Waals surface area contributed by atoms with Crippen molar-refractivity contribution < 1.29 is 9.53 Å². The van der Waals surface area contributed by atoms with E-state index in [0.717, 1.165) is 66.6 Å². The highest BCUT2D eigenvalue weighted by Crippen LogP contribution is 2.26. The third-order valence-electron chi connectivity index (χ3n) is 8.30. The SMILES string of the molecule is Cc1c(CCCC2CCCN(CCC(C)C(=O)c3ccccc3)C2)ccc2[nH]c(COc3ccc(Cl)cc3)nc12. The van der Waals surface area contributed by atoms with Crippen molar-refractivity contribution in [1.82, 2.24) is 14.9 Å². The molecule has 1 aliphatic rings. The second-order valence-electron chi connectivity index (χ2n) is 11.3. The van der Waals surface area contributed by atoms with E-state index in [1.807, 2.05) is 54.6 Å². The van der Waals surface area contributed by atoms with Gasteiger partial charge in [0.25, 0.3) is 0 Å². The maximum Gasteiger partial charge on any atom is 0.165 e. The van der Waals surface area contributed by atoms with Crippen LogP contribution >= 0.6 is 11.6 Å². The molecule has 5 rings (SSSR count). The molecule has 0 radical (unpaired) electrons. The summed E-state index contributed by atoms with van der Waals surface area (Å²) < 4.78 is 5.88. The molecule has 2 atom stereocenters. The fourth-order valence-corrected chi connectivity index (χ4v) is 6.02. The van der Waals surface area contributed by atoms with E-state index in [1.54, 1.807) is 0 Å². The molecular formula is C34H40ClN3O2. The van der Waals surface area contributed by atoms with Crippen LogP contribution in [0, 0.1) is 18.8 Å². The van der Waals surface area contributed by atoms with Crippen molar-refractivity contribution in [3.63, 3.8) is 0 Å². The van der Waals surface area contributed by atoms with Crippen molar-refractivity contribution in [1.29, 1.82) is 0 Å². The molecule has 1 aliphatic heterocycles. The number of ketones is 1. The molecular weight excluding hydrogens is 518 g/mol. The Labute approximate surface area is 242 Å². The largest absolute Gasteiger partial charge is 0.486 e. The third kappa shape index (κ3) is 7.32. The highest BCUT2D eigenvalue weighted by atomic mass is 35.5. The number of hydrogen-bond acceptors (Lipinski definition) is 4. The number of likely N-dealkylation sites (tertiary alicyclic amines) is 1. The smallest absolute Gasteiger partial charge is 0.165 e. The Bertz CT molecular complexity index is 1400. The number of nitrogens with one attached hydrogen (secondary N) is 1. The number of carbonyl (C=O) groups is 1. The van der Waals surface area contributed by atoms with E-state index in [0.29, 0.717) is 11.6 Å². The number of piperidine rings is 1. The van der Waals surface area contributed by atoms with E-state index in [9.17, 15) is 4.79 Å². The first kappa shape index (κ1) is 28.4. The van der Waals surface area contributed by atoms with Crippen LogP contribution in [0.5, 0.6) is 5.75 Å². The third-order valence-corrected chi connectivity index (χ3v) is 8.56. The average Bonchev–Trinajstić information content (AvgIpc) is 3.41. The molecule has 5 nitrogen and oxygen atoms in total. The lowest BCUT2D eigenvalue weighted by Gasteiger charge is -2.33. The van der Waals surface area contributed by atoms with E-state index >= 15 is 0 Å². The van der Waals surface area contributed by atoms with E-state index in [4.69, 9.17) is 21.3 Å². The van der Waals surface area contributed by atoms with Crippen molar-refractivity contribution in [2.45, 2.75) is 59.0 Å². The number of halogens is 1. The van der Waals surface area contributed by atoms with Gasteiger partial charge in [-0.1, -0.05) is 54.9 Å². The van der Waals surface area contributed by atoms with E-state index < -0.39 is 0 Å². The summed E-state index contributed by atoms with van der Waals surface area (Å²) >= 11 is 5.96. The van der Waals surface area contributed by atoms with Gasteiger partial charge in [-0.15, -0.1) is 0 Å². The number of hydrogen-bond donors (Lipinski definition) is 1. The lowest BCUT2D eigenvalue weighted by molar-refractivity contribution is 0.0903. The number of imidazole rings is 1. The summed E-state index contributed by atoms with van der Waals surface area (Å²) in [4.78, 5) is 23.6. The number of H-pyrrole nitrogens is 1. The van der Waals surface area contributed by atoms with Crippen LogP contribution in [-0.4, -0.2) is 40.3 Å². The zero-order valence-electron chi connectivity index (χ0n) is 23.7. The van der Waals surface area contributed by atoms with Gasteiger partial charge < -0.3 is 14.6 Å². The Morgan fingerprint density at radius 2 is 1.93 bits per heavy atom. The van der Waals surface area contributed by atoms with Crippen LogP contribution < -0.4 is 4.74 Å². The number of carbonyl (C=O) groups excluding carboxylic acids is 1. The Hall–Kier alpha value is -3.15. The van der Waals surface area contributed by atoms with Gasteiger partial charge in [0.05, 0.1) is 11.0 Å². The quantitative estimate of drug-likeness (QED) is 0.179. The maximum atomic E-state index is 12.7. The summed E-state index contributed by atoms with van der Waals surface area (Å²) in [5.74, 6) is 2.66. The van der Waals surface area contributed by atoms with Crippen LogP contribution in [0.1, 0.15) is 66.3 Å². The van der Waals surface area contributed by atoms with Crippen LogP contribution in [0.4, 0.5) is 0 Å². The lowest BCUT2D eigenvalue weighted by atomic mass is 9.90. The number of rotatable bonds is 12. The zero-order chi connectivity index (χ0) is 27.9. The van der Waals surface area contributed by atoms with Crippen LogP contribution in [0.3, 0.4) is 0 Å². The van der Waals surface area contributed by atoms with Gasteiger partial charge >= 0.3 is 0 Å². The number of aromatic nitrogens is 2. The van der Waals surface area contributed by atoms with Crippen LogP contribution in [0.2, 0.25) is 5.02 Å². The van der Waals surface area contributed by atoms with E-state index in [1.165, 1.54) is 36.8 Å². The molecule has 0 saturated carbocycles. The minimum absolute atomic E-state index is 0.0622. The molecule has 2 heterocycles. The zero-order valence-corrected chi connectivity index (χ0v) is 24.4. The number of nitrogens with zero attached hydrogens (tertiary/aromatic N) is 2. The molecule has 1 aromatic heterocycles. The molecule has 0 aliphatic carbocycles. The van der Waals surface area contributed by atoms with Gasteiger partial charge in [-0.3, -0.25) is 4.79 Å². The number of ether oxygens (including phenoxy) is 1. The Balaban J connectivity index is 1.08. The standard InChI is InChI=1S/C34H40ClN3O2/c1-24(34(39)28-10-4-3-5-11-28)19-21-38-20-7-9-26(22-38)8-6-12-27-13-18-31-33(25(27)2)37-32(36-31)23-40-30-16-14-29(35)15-17-30/h3-5,10-11,13-18,24,26H,6-9,12,19-23H2,1-2H3,(H,36,37). The number of fused-ring (bicyclic) bond motifs is 1. The Morgan fingerprint density at radius 1 is 1.12 bits per heavy atom. The Morgan fingerprint density at radius 3 is 2.73 bits per heavy atom. The molecule has 4 aromatic rings. The van der Waals surface area contributed by atoms with Gasteiger partial charge in [-0.2, -0.15) is 0 Å². The summed E-state index contributed by atoms with van der Waals surface area (Å²) in [5.41, 5.74) is 5.56. The fraction of sp³-hybridized carbons (Fsp3) is 0.412. The molecule has 40 heavy (non-hydrogen) atoms. The predicted octanol–water partition coefficient (Wildman–Crippen LogP) is 8.05. The van der Waals surface area contributed by atoms with Crippen LogP contribution in [0.25, 0.3) is 11.0 Å². The molecule has 1 N–H and O–H groups in total. The normalized spacial score (nSPS) is 16.7. The molecule has 6 heteroatoms. The van der Waals surface area contributed by atoms with E-state index in [2.05, 4.69) is 35.9 Å². The summed E-state index contributed by atoms with van der Waals surface area (Å²) in [6.07, 6.45) is 6.99. The first-order chi connectivity index (χ1) is 19.5. The molecule has 0 spiro atoms. The molecule has 1 saturated heterocycles. The molecule has 210 valence electrons. The lowest BCUT2D eigenvalue weighted by Crippen LogP contribution is -2.37. The van der Waals surface area contributed by atoms with Gasteiger partial charge in [0, 0.05) is 23.0 Å². The highest BCUT2D eigenvalue weighted by Gasteiger charge is 2.22.